The summed E-state index contributed by atoms with van der Waals surface area (Å²) in [4.78, 5) is 16.8. The number of amides is 1. The van der Waals surface area contributed by atoms with Crippen molar-refractivity contribution >= 4 is 34.1 Å². The molecule has 0 aromatic heterocycles. The fraction of sp³-hybridized carbons (Fsp3) is 0.588. The first-order valence-electron chi connectivity index (χ1n) is 8.87. The maximum absolute atomic E-state index is 12.7. The van der Waals surface area contributed by atoms with Crippen LogP contribution in [0, 0.1) is 0 Å². The van der Waals surface area contributed by atoms with Crippen LogP contribution >= 0.6 is 11.6 Å². The van der Waals surface area contributed by atoms with E-state index in [9.17, 15) is 13.2 Å². The predicted octanol–water partition coefficient (Wildman–Crippen LogP) is 1.61. The van der Waals surface area contributed by atoms with Crippen LogP contribution in [-0.2, 0) is 15.6 Å². The Morgan fingerprint density at radius 2 is 2.00 bits per heavy atom. The first-order valence-corrected chi connectivity index (χ1v) is 10.4. The number of hydrogen-bond acceptors (Lipinski definition) is 5. The molecular formula is C17H24ClN3O4S. The second-order valence-electron chi connectivity index (χ2n) is 6.64. The zero-order valence-corrected chi connectivity index (χ0v) is 16.2. The van der Waals surface area contributed by atoms with Crippen molar-refractivity contribution in [3.8, 4) is 0 Å². The Hall–Kier alpha value is -1.35. The SMILES string of the molecule is O=C(c1ccc(N[SH](=O)=O)cc1Cl)N1CCN(CC2CCCCO2)CC1. The molecule has 2 saturated heterocycles. The molecule has 26 heavy (non-hydrogen) atoms. The molecule has 2 fully saturated rings. The van der Waals surface area contributed by atoms with Crippen molar-refractivity contribution in [2.24, 2.45) is 0 Å². The molecule has 1 aromatic rings. The molecule has 2 heterocycles. The summed E-state index contributed by atoms with van der Waals surface area (Å²) in [6.45, 7) is 4.71. The third kappa shape index (κ3) is 5.09. The van der Waals surface area contributed by atoms with Gasteiger partial charge in [0, 0.05) is 45.0 Å². The number of nitrogens with zero attached hydrogens (tertiary/aromatic N) is 2. The molecule has 9 heteroatoms. The van der Waals surface area contributed by atoms with Gasteiger partial charge in [-0.15, -0.1) is 0 Å². The quantitative estimate of drug-likeness (QED) is 0.733. The fourth-order valence-electron chi connectivity index (χ4n) is 3.41. The minimum Gasteiger partial charge on any atom is -0.377 e. The van der Waals surface area contributed by atoms with E-state index in [0.717, 1.165) is 39.1 Å². The molecule has 0 radical (unpaired) electrons. The molecule has 1 atom stereocenters. The van der Waals surface area contributed by atoms with Crippen LogP contribution in [0.5, 0.6) is 0 Å². The van der Waals surface area contributed by atoms with Crippen LogP contribution in [0.2, 0.25) is 5.02 Å². The van der Waals surface area contributed by atoms with Gasteiger partial charge in [0.15, 0.2) is 0 Å². The van der Waals surface area contributed by atoms with Crippen molar-refractivity contribution in [2.75, 3.05) is 44.1 Å². The van der Waals surface area contributed by atoms with E-state index in [4.69, 9.17) is 16.3 Å². The lowest BCUT2D eigenvalue weighted by molar-refractivity contribution is -0.0130. The summed E-state index contributed by atoms with van der Waals surface area (Å²) < 4.78 is 29.5. The van der Waals surface area contributed by atoms with Gasteiger partial charge in [-0.25, -0.2) is 8.42 Å². The number of ether oxygens (including phenoxy) is 1. The van der Waals surface area contributed by atoms with Crippen LogP contribution in [0.1, 0.15) is 29.6 Å². The van der Waals surface area contributed by atoms with Crippen LogP contribution in [0.15, 0.2) is 18.2 Å². The molecule has 0 aliphatic carbocycles. The van der Waals surface area contributed by atoms with Crippen LogP contribution in [0.3, 0.4) is 0 Å². The van der Waals surface area contributed by atoms with Gasteiger partial charge in [-0.3, -0.25) is 14.4 Å². The minimum atomic E-state index is -2.76. The molecule has 2 aliphatic heterocycles. The first-order chi connectivity index (χ1) is 12.5. The second kappa shape index (κ2) is 9.03. The Bertz CT molecular complexity index is 706. The van der Waals surface area contributed by atoms with Crippen molar-refractivity contribution < 1.29 is 17.9 Å². The monoisotopic (exact) mass is 401 g/mol. The molecule has 0 saturated carbocycles. The van der Waals surface area contributed by atoms with Crippen molar-refractivity contribution in [1.82, 2.24) is 9.80 Å². The number of thiol groups is 1. The van der Waals surface area contributed by atoms with E-state index in [1.807, 2.05) is 0 Å². The third-order valence-electron chi connectivity index (χ3n) is 4.82. The minimum absolute atomic E-state index is 0.123. The maximum atomic E-state index is 12.7. The van der Waals surface area contributed by atoms with Gasteiger partial charge in [-0.2, -0.15) is 0 Å². The van der Waals surface area contributed by atoms with Gasteiger partial charge in [0.25, 0.3) is 5.91 Å². The fourth-order valence-corrected chi connectivity index (χ4v) is 4.02. The summed E-state index contributed by atoms with van der Waals surface area (Å²) >= 11 is 6.17. The molecule has 7 nitrogen and oxygen atoms in total. The number of anilines is 1. The Kier molecular flexibility index (Phi) is 6.74. The summed E-state index contributed by atoms with van der Waals surface area (Å²) in [6.07, 6.45) is 3.81. The van der Waals surface area contributed by atoms with Crippen LogP contribution in [0.25, 0.3) is 0 Å². The Morgan fingerprint density at radius 1 is 1.23 bits per heavy atom. The highest BCUT2D eigenvalue weighted by Gasteiger charge is 2.25. The van der Waals surface area contributed by atoms with E-state index in [1.165, 1.54) is 12.5 Å². The lowest BCUT2D eigenvalue weighted by atomic mass is 10.1. The Labute approximate surface area is 160 Å². The standard InChI is InChI=1S/C17H24ClN3O4S/c18-16-11-13(19-26(23)24)4-5-15(16)17(22)21-8-6-20(7-9-21)12-14-3-1-2-10-25-14/h4-5,11,14,26H,1-3,6-10,12H2,(H,19,23,24). The normalized spacial score (nSPS) is 21.8. The summed E-state index contributed by atoms with van der Waals surface area (Å²) in [6, 6.07) is 4.56. The van der Waals surface area contributed by atoms with E-state index < -0.39 is 10.9 Å². The Morgan fingerprint density at radius 3 is 2.62 bits per heavy atom. The van der Waals surface area contributed by atoms with Crippen LogP contribution in [0.4, 0.5) is 5.69 Å². The average molecular weight is 402 g/mol. The maximum Gasteiger partial charge on any atom is 0.255 e. The molecular weight excluding hydrogens is 378 g/mol. The number of nitrogens with one attached hydrogen (secondary N) is 1. The molecule has 144 valence electrons. The molecule has 0 bridgehead atoms. The lowest BCUT2D eigenvalue weighted by Gasteiger charge is -2.37. The van der Waals surface area contributed by atoms with Crippen molar-refractivity contribution in [2.45, 2.75) is 25.4 Å². The summed E-state index contributed by atoms with van der Waals surface area (Å²) in [5, 5.41) is 0.245. The van der Waals surface area contributed by atoms with Gasteiger partial charge in [0.05, 0.1) is 16.7 Å². The molecule has 1 unspecified atom stereocenters. The van der Waals surface area contributed by atoms with Gasteiger partial charge in [-0.1, -0.05) is 11.6 Å². The third-order valence-corrected chi connectivity index (χ3v) is 5.57. The Balaban J connectivity index is 1.54. The van der Waals surface area contributed by atoms with E-state index in [2.05, 4.69) is 9.62 Å². The van der Waals surface area contributed by atoms with Crippen LogP contribution in [-0.4, -0.2) is 69.6 Å². The zero-order chi connectivity index (χ0) is 18.5. The van der Waals surface area contributed by atoms with Gasteiger partial charge in [0.2, 0.25) is 10.9 Å². The topological polar surface area (TPSA) is 79.0 Å². The lowest BCUT2D eigenvalue weighted by Crippen LogP contribution is -2.50. The van der Waals surface area contributed by atoms with E-state index in [-0.39, 0.29) is 10.9 Å². The zero-order valence-electron chi connectivity index (χ0n) is 14.5. The summed E-state index contributed by atoms with van der Waals surface area (Å²) in [5.74, 6) is -0.123. The molecule has 1 N–H and O–H groups in total. The highest BCUT2D eigenvalue weighted by molar-refractivity contribution is 7.73. The van der Waals surface area contributed by atoms with Crippen LogP contribution < -0.4 is 4.72 Å². The van der Waals surface area contributed by atoms with Crippen molar-refractivity contribution in [1.29, 1.82) is 0 Å². The molecule has 3 rings (SSSR count). The number of carbonyl (C=O) groups is 1. The molecule has 0 spiro atoms. The van der Waals surface area contributed by atoms with Gasteiger partial charge in [0.1, 0.15) is 0 Å². The molecule has 2 aliphatic rings. The first kappa shape index (κ1) is 19.4. The van der Waals surface area contributed by atoms with Crippen molar-refractivity contribution in [3.63, 3.8) is 0 Å². The number of halogens is 1. The number of hydrogen-bond donors (Lipinski definition) is 2. The second-order valence-corrected chi connectivity index (χ2v) is 7.79. The van der Waals surface area contributed by atoms with Gasteiger partial charge >= 0.3 is 0 Å². The van der Waals surface area contributed by atoms with Gasteiger partial charge in [-0.05, 0) is 37.5 Å². The smallest absolute Gasteiger partial charge is 0.255 e. The van der Waals surface area contributed by atoms with E-state index in [1.54, 1.807) is 17.0 Å². The molecule has 1 amide bonds. The molecule has 1 aromatic carbocycles. The van der Waals surface area contributed by atoms with Gasteiger partial charge < -0.3 is 9.64 Å². The largest absolute Gasteiger partial charge is 0.377 e. The van der Waals surface area contributed by atoms with Crippen molar-refractivity contribution in [3.05, 3.63) is 28.8 Å². The number of rotatable bonds is 5. The number of piperazine rings is 1. The van der Waals surface area contributed by atoms with E-state index in [0.29, 0.717) is 30.4 Å². The number of benzene rings is 1. The highest BCUT2D eigenvalue weighted by Crippen LogP contribution is 2.23. The summed E-state index contributed by atoms with van der Waals surface area (Å²) in [5.41, 5.74) is 0.738. The summed E-state index contributed by atoms with van der Waals surface area (Å²) in [7, 11) is -2.76. The van der Waals surface area contributed by atoms with E-state index >= 15 is 0 Å². The number of carbonyl (C=O) groups excluding carboxylic acids is 1. The predicted molar refractivity (Wildman–Crippen MR) is 101 cm³/mol. The average Bonchev–Trinajstić information content (AvgIpc) is 2.62. The highest BCUT2D eigenvalue weighted by atomic mass is 35.5.